The molecule has 0 radical (unpaired) electrons. The van der Waals surface area contributed by atoms with Crippen molar-refractivity contribution < 1.29 is 9.73 Å². The van der Waals surface area contributed by atoms with Crippen LogP contribution in [-0.2, 0) is 5.75 Å². The Kier molecular flexibility index (Phi) is 4.06. The van der Waals surface area contributed by atoms with Crippen LogP contribution in [0.4, 0.5) is 0 Å². The molecular formula is C13H15ClN3OS+. The number of rotatable bonds is 4. The van der Waals surface area contributed by atoms with E-state index < -0.39 is 0 Å². The minimum Gasteiger partial charge on any atom is -0.410 e. The minimum absolute atomic E-state index is 0.359. The zero-order chi connectivity index (χ0) is 13.1. The van der Waals surface area contributed by atoms with Gasteiger partial charge in [-0.3, -0.25) is 0 Å². The van der Waals surface area contributed by atoms with Crippen LogP contribution < -0.4 is 5.32 Å². The van der Waals surface area contributed by atoms with Crippen molar-refractivity contribution in [1.82, 2.24) is 10.2 Å². The molecule has 0 saturated carbocycles. The fourth-order valence-electron chi connectivity index (χ4n) is 2.15. The third-order valence-corrected chi connectivity index (χ3v) is 4.33. The van der Waals surface area contributed by atoms with Gasteiger partial charge in [-0.25, -0.2) is 0 Å². The molecule has 4 nitrogen and oxygen atoms in total. The van der Waals surface area contributed by atoms with Crippen molar-refractivity contribution in [2.45, 2.75) is 29.9 Å². The van der Waals surface area contributed by atoms with E-state index in [1.807, 2.05) is 24.3 Å². The van der Waals surface area contributed by atoms with Crippen molar-refractivity contribution in [2.24, 2.45) is 0 Å². The zero-order valence-corrected chi connectivity index (χ0v) is 12.0. The molecule has 0 spiro atoms. The van der Waals surface area contributed by atoms with Crippen molar-refractivity contribution in [3.05, 3.63) is 40.7 Å². The fraction of sp³-hybridized carbons (Fsp3) is 0.385. The van der Waals surface area contributed by atoms with E-state index in [0.29, 0.717) is 11.3 Å². The van der Waals surface area contributed by atoms with E-state index in [4.69, 9.17) is 16.0 Å². The lowest BCUT2D eigenvalue weighted by molar-refractivity contribution is -0.678. The monoisotopic (exact) mass is 296 g/mol. The Morgan fingerprint density at radius 2 is 2.16 bits per heavy atom. The topological polar surface area (TPSA) is 55.5 Å². The van der Waals surface area contributed by atoms with Gasteiger partial charge in [-0.05, 0) is 17.7 Å². The summed E-state index contributed by atoms with van der Waals surface area (Å²) in [5.41, 5.74) is 1.20. The molecule has 2 heterocycles. The molecule has 0 amide bonds. The second-order valence-electron chi connectivity index (χ2n) is 4.59. The molecule has 1 unspecified atom stereocenters. The van der Waals surface area contributed by atoms with Crippen molar-refractivity contribution >= 4 is 23.4 Å². The van der Waals surface area contributed by atoms with Gasteiger partial charge in [0, 0.05) is 23.6 Å². The van der Waals surface area contributed by atoms with Crippen LogP contribution >= 0.6 is 23.4 Å². The molecule has 1 aliphatic rings. The standard InChI is InChI=1S/C13H14ClN3OS/c14-10-5-3-9(4-6-10)8-19-13-17-16-12(18-13)11-2-1-7-15-11/h3-6,11,15H,1-2,7-8H2/p+1. The number of thioether (sulfide) groups is 1. The molecule has 1 aromatic carbocycles. The number of quaternary nitrogens is 1. The van der Waals surface area contributed by atoms with Crippen LogP contribution in [0, 0.1) is 0 Å². The molecule has 19 heavy (non-hydrogen) atoms. The minimum atomic E-state index is 0.359. The van der Waals surface area contributed by atoms with Gasteiger partial charge in [-0.15, -0.1) is 10.2 Å². The quantitative estimate of drug-likeness (QED) is 0.880. The van der Waals surface area contributed by atoms with E-state index in [1.165, 1.54) is 12.0 Å². The second-order valence-corrected chi connectivity index (χ2v) is 5.96. The van der Waals surface area contributed by atoms with Crippen LogP contribution in [0.25, 0.3) is 0 Å². The molecule has 2 aromatic rings. The van der Waals surface area contributed by atoms with Gasteiger partial charge >= 0.3 is 0 Å². The SMILES string of the molecule is Clc1ccc(CSc2nnc(C3CCC[NH2+]3)o2)cc1. The highest BCUT2D eigenvalue weighted by Gasteiger charge is 2.26. The maximum atomic E-state index is 5.85. The number of hydrogen-bond donors (Lipinski definition) is 1. The lowest BCUT2D eigenvalue weighted by atomic mass is 10.2. The molecule has 2 N–H and O–H groups in total. The molecule has 100 valence electrons. The molecule has 1 aliphatic heterocycles. The van der Waals surface area contributed by atoms with E-state index in [-0.39, 0.29) is 0 Å². The third kappa shape index (κ3) is 3.29. The number of hydrogen-bond acceptors (Lipinski definition) is 4. The predicted octanol–water partition coefficient (Wildman–Crippen LogP) is 2.41. The third-order valence-electron chi connectivity index (χ3n) is 3.19. The largest absolute Gasteiger partial charge is 0.410 e. The summed E-state index contributed by atoms with van der Waals surface area (Å²) in [4.78, 5) is 0. The summed E-state index contributed by atoms with van der Waals surface area (Å²) in [6.45, 7) is 1.15. The molecular weight excluding hydrogens is 282 g/mol. The van der Waals surface area contributed by atoms with Gasteiger partial charge in [0.25, 0.3) is 11.1 Å². The molecule has 1 fully saturated rings. The van der Waals surface area contributed by atoms with E-state index in [1.54, 1.807) is 11.8 Å². The summed E-state index contributed by atoms with van der Waals surface area (Å²) in [5, 5.41) is 11.9. The Balaban J connectivity index is 1.59. The zero-order valence-electron chi connectivity index (χ0n) is 10.4. The molecule has 1 saturated heterocycles. The predicted molar refractivity (Wildman–Crippen MR) is 74.1 cm³/mol. The van der Waals surface area contributed by atoms with Gasteiger partial charge in [-0.1, -0.05) is 35.5 Å². The maximum Gasteiger partial charge on any atom is 0.277 e. The van der Waals surface area contributed by atoms with E-state index in [0.717, 1.165) is 29.6 Å². The normalized spacial score (nSPS) is 18.9. The average molecular weight is 297 g/mol. The van der Waals surface area contributed by atoms with Crippen LogP contribution in [0.1, 0.15) is 30.3 Å². The van der Waals surface area contributed by atoms with Crippen molar-refractivity contribution in [3.63, 3.8) is 0 Å². The number of aromatic nitrogens is 2. The summed E-state index contributed by atoms with van der Waals surface area (Å²) in [5.74, 6) is 1.57. The fourth-order valence-corrected chi connectivity index (χ4v) is 3.00. The van der Waals surface area contributed by atoms with Crippen LogP contribution in [0.3, 0.4) is 0 Å². The molecule has 1 atom stereocenters. The van der Waals surface area contributed by atoms with Gasteiger partial charge in [0.1, 0.15) is 0 Å². The Morgan fingerprint density at radius 3 is 2.89 bits per heavy atom. The van der Waals surface area contributed by atoms with Crippen molar-refractivity contribution in [3.8, 4) is 0 Å². The van der Waals surface area contributed by atoms with E-state index in [2.05, 4.69) is 15.5 Å². The number of nitrogens with two attached hydrogens (primary N) is 1. The lowest BCUT2D eigenvalue weighted by Crippen LogP contribution is -2.81. The molecule has 0 aliphatic carbocycles. The van der Waals surface area contributed by atoms with Crippen LogP contribution in [0.5, 0.6) is 0 Å². The Morgan fingerprint density at radius 1 is 1.32 bits per heavy atom. The highest BCUT2D eigenvalue weighted by Crippen LogP contribution is 2.25. The van der Waals surface area contributed by atoms with Crippen molar-refractivity contribution in [2.75, 3.05) is 6.54 Å². The smallest absolute Gasteiger partial charge is 0.277 e. The van der Waals surface area contributed by atoms with Gasteiger partial charge in [0.15, 0.2) is 6.04 Å². The first kappa shape index (κ1) is 13.0. The summed E-state index contributed by atoms with van der Waals surface area (Å²) < 4.78 is 5.70. The first-order valence-corrected chi connectivity index (χ1v) is 7.71. The van der Waals surface area contributed by atoms with Crippen molar-refractivity contribution in [1.29, 1.82) is 0 Å². The average Bonchev–Trinajstić information content (AvgIpc) is 3.09. The van der Waals surface area contributed by atoms with Crippen LogP contribution in [0.15, 0.2) is 33.9 Å². The van der Waals surface area contributed by atoms with Gasteiger partial charge < -0.3 is 9.73 Å². The van der Waals surface area contributed by atoms with Gasteiger partial charge in [0.05, 0.1) is 6.54 Å². The molecule has 6 heteroatoms. The first-order chi connectivity index (χ1) is 9.31. The number of halogens is 1. The van der Waals surface area contributed by atoms with E-state index in [9.17, 15) is 0 Å². The van der Waals surface area contributed by atoms with Crippen LogP contribution in [0.2, 0.25) is 5.02 Å². The maximum absolute atomic E-state index is 5.85. The Labute approximate surface area is 120 Å². The highest BCUT2D eigenvalue weighted by atomic mass is 35.5. The highest BCUT2D eigenvalue weighted by molar-refractivity contribution is 7.98. The van der Waals surface area contributed by atoms with E-state index >= 15 is 0 Å². The molecule has 0 bridgehead atoms. The Hall–Kier alpha value is -1.04. The first-order valence-electron chi connectivity index (χ1n) is 6.35. The summed E-state index contributed by atoms with van der Waals surface area (Å²) in [6.07, 6.45) is 2.35. The second kappa shape index (κ2) is 5.94. The summed E-state index contributed by atoms with van der Waals surface area (Å²) in [7, 11) is 0. The molecule has 1 aromatic heterocycles. The lowest BCUT2D eigenvalue weighted by Gasteiger charge is -2.00. The van der Waals surface area contributed by atoms with Gasteiger partial charge in [0.2, 0.25) is 0 Å². The molecule has 3 rings (SSSR count). The number of benzene rings is 1. The summed E-state index contributed by atoms with van der Waals surface area (Å²) in [6, 6.07) is 8.17. The summed E-state index contributed by atoms with van der Waals surface area (Å²) >= 11 is 7.42. The van der Waals surface area contributed by atoms with Gasteiger partial charge in [-0.2, -0.15) is 0 Å². The Bertz CT molecular complexity index is 537. The van der Waals surface area contributed by atoms with Crippen LogP contribution in [-0.4, -0.2) is 16.7 Å². The number of nitrogens with zero attached hydrogens (tertiary/aromatic N) is 2.